The van der Waals surface area contributed by atoms with E-state index in [1.54, 1.807) is 37.4 Å². The van der Waals surface area contributed by atoms with Crippen LogP contribution in [0.25, 0.3) is 0 Å². The first-order valence-corrected chi connectivity index (χ1v) is 9.94. The van der Waals surface area contributed by atoms with E-state index in [0.717, 1.165) is 27.3 Å². The Morgan fingerprint density at radius 3 is 2.42 bits per heavy atom. The van der Waals surface area contributed by atoms with E-state index < -0.39 is 17.7 Å². The average Bonchev–Trinajstić information content (AvgIpc) is 2.99. The fourth-order valence-corrected chi connectivity index (χ4v) is 3.70. The third-order valence-corrected chi connectivity index (χ3v) is 5.23. The van der Waals surface area contributed by atoms with E-state index in [1.807, 2.05) is 43.3 Å². The first-order chi connectivity index (χ1) is 15.0. The SMILES string of the molecule is COc1ccc(NC(=O)CN2C(=O)c3ccc(C)cc3C2=O)cc1Cc1ccccc1. The summed E-state index contributed by atoms with van der Waals surface area (Å²) in [5, 5.41) is 2.78. The molecule has 156 valence electrons. The van der Waals surface area contributed by atoms with Gasteiger partial charge in [0.05, 0.1) is 18.2 Å². The third kappa shape index (κ3) is 4.19. The maximum absolute atomic E-state index is 12.6. The van der Waals surface area contributed by atoms with Gasteiger partial charge in [-0.25, -0.2) is 0 Å². The van der Waals surface area contributed by atoms with Crippen LogP contribution in [-0.4, -0.2) is 36.3 Å². The fourth-order valence-electron chi connectivity index (χ4n) is 3.70. The Morgan fingerprint density at radius 2 is 1.68 bits per heavy atom. The van der Waals surface area contributed by atoms with Crippen LogP contribution in [0.5, 0.6) is 5.75 Å². The number of rotatable bonds is 6. The predicted molar refractivity (Wildman–Crippen MR) is 117 cm³/mol. The van der Waals surface area contributed by atoms with Gasteiger partial charge in [0, 0.05) is 17.7 Å². The molecule has 0 spiro atoms. The fraction of sp³-hybridized carbons (Fsp3) is 0.160. The maximum atomic E-state index is 12.6. The van der Waals surface area contributed by atoms with Gasteiger partial charge in [-0.1, -0.05) is 42.0 Å². The van der Waals surface area contributed by atoms with Crippen molar-refractivity contribution in [1.82, 2.24) is 4.90 Å². The molecule has 0 fully saturated rings. The Balaban J connectivity index is 1.48. The number of nitrogens with one attached hydrogen (secondary N) is 1. The van der Waals surface area contributed by atoms with Crippen LogP contribution >= 0.6 is 0 Å². The molecular formula is C25H22N2O4. The molecule has 0 bridgehead atoms. The number of amides is 3. The minimum Gasteiger partial charge on any atom is -0.496 e. The number of methoxy groups -OCH3 is 1. The zero-order chi connectivity index (χ0) is 22.0. The molecule has 0 atom stereocenters. The molecule has 31 heavy (non-hydrogen) atoms. The van der Waals surface area contributed by atoms with Gasteiger partial charge in [0.2, 0.25) is 5.91 Å². The summed E-state index contributed by atoms with van der Waals surface area (Å²) in [6.45, 7) is 1.51. The van der Waals surface area contributed by atoms with Crippen molar-refractivity contribution in [2.45, 2.75) is 13.3 Å². The molecular weight excluding hydrogens is 392 g/mol. The van der Waals surface area contributed by atoms with Gasteiger partial charge < -0.3 is 10.1 Å². The maximum Gasteiger partial charge on any atom is 0.262 e. The van der Waals surface area contributed by atoms with E-state index in [2.05, 4.69) is 5.32 Å². The van der Waals surface area contributed by atoms with Gasteiger partial charge in [-0.15, -0.1) is 0 Å². The Morgan fingerprint density at radius 1 is 0.935 bits per heavy atom. The molecule has 1 aliphatic heterocycles. The van der Waals surface area contributed by atoms with Crippen molar-refractivity contribution in [3.63, 3.8) is 0 Å². The highest BCUT2D eigenvalue weighted by Gasteiger charge is 2.36. The topological polar surface area (TPSA) is 75.7 Å². The molecule has 3 aromatic rings. The zero-order valence-electron chi connectivity index (χ0n) is 17.3. The molecule has 3 amide bonds. The number of ether oxygens (including phenoxy) is 1. The summed E-state index contributed by atoms with van der Waals surface area (Å²) in [6, 6.07) is 20.4. The number of carbonyl (C=O) groups excluding carboxylic acids is 3. The summed E-state index contributed by atoms with van der Waals surface area (Å²) in [4.78, 5) is 38.7. The van der Waals surface area contributed by atoms with Crippen LogP contribution in [0.2, 0.25) is 0 Å². The van der Waals surface area contributed by atoms with Crippen molar-refractivity contribution >= 4 is 23.4 Å². The van der Waals surface area contributed by atoms with Crippen molar-refractivity contribution in [2.24, 2.45) is 0 Å². The molecule has 0 aromatic heterocycles. The number of hydrogen-bond acceptors (Lipinski definition) is 4. The molecule has 0 aliphatic carbocycles. The first kappa shape index (κ1) is 20.3. The Labute approximate surface area is 180 Å². The zero-order valence-corrected chi connectivity index (χ0v) is 17.3. The number of aryl methyl sites for hydroxylation is 1. The molecule has 1 N–H and O–H groups in total. The van der Waals surface area contributed by atoms with Crippen LogP contribution < -0.4 is 10.1 Å². The molecule has 0 radical (unpaired) electrons. The van der Waals surface area contributed by atoms with Crippen LogP contribution in [0.3, 0.4) is 0 Å². The third-order valence-electron chi connectivity index (χ3n) is 5.23. The van der Waals surface area contributed by atoms with Gasteiger partial charge >= 0.3 is 0 Å². The lowest BCUT2D eigenvalue weighted by Gasteiger charge is -2.15. The highest BCUT2D eigenvalue weighted by molar-refractivity contribution is 6.22. The van der Waals surface area contributed by atoms with E-state index in [-0.39, 0.29) is 6.54 Å². The highest BCUT2D eigenvalue weighted by atomic mass is 16.5. The number of anilines is 1. The molecule has 0 saturated carbocycles. The second-order valence-corrected chi connectivity index (χ2v) is 7.48. The van der Waals surface area contributed by atoms with E-state index in [9.17, 15) is 14.4 Å². The van der Waals surface area contributed by atoms with Crippen molar-refractivity contribution in [3.05, 3.63) is 94.5 Å². The summed E-state index contributed by atoms with van der Waals surface area (Å²) in [5.74, 6) is -0.618. The summed E-state index contributed by atoms with van der Waals surface area (Å²) >= 11 is 0. The lowest BCUT2D eigenvalue weighted by Crippen LogP contribution is -2.37. The Hall–Kier alpha value is -3.93. The molecule has 4 rings (SSSR count). The number of benzene rings is 3. The van der Waals surface area contributed by atoms with E-state index in [0.29, 0.717) is 23.2 Å². The van der Waals surface area contributed by atoms with Crippen LogP contribution in [-0.2, 0) is 11.2 Å². The minimum atomic E-state index is -0.449. The van der Waals surface area contributed by atoms with Crippen LogP contribution in [0.1, 0.15) is 37.4 Å². The Kier molecular flexibility index (Phi) is 5.54. The molecule has 1 heterocycles. The van der Waals surface area contributed by atoms with Crippen molar-refractivity contribution in [1.29, 1.82) is 0 Å². The number of carbonyl (C=O) groups is 3. The van der Waals surface area contributed by atoms with E-state index >= 15 is 0 Å². The molecule has 0 saturated heterocycles. The summed E-state index contributed by atoms with van der Waals surface area (Å²) in [5.41, 5.74) is 4.17. The van der Waals surface area contributed by atoms with Gasteiger partial charge in [0.1, 0.15) is 12.3 Å². The number of fused-ring (bicyclic) bond motifs is 1. The molecule has 6 nitrogen and oxygen atoms in total. The van der Waals surface area contributed by atoms with Gasteiger partial charge in [0.25, 0.3) is 11.8 Å². The summed E-state index contributed by atoms with van der Waals surface area (Å²) < 4.78 is 5.45. The normalized spacial score (nSPS) is 12.6. The van der Waals surface area contributed by atoms with Crippen LogP contribution in [0.15, 0.2) is 66.7 Å². The smallest absolute Gasteiger partial charge is 0.262 e. The lowest BCUT2D eigenvalue weighted by molar-refractivity contribution is -0.116. The van der Waals surface area contributed by atoms with Crippen LogP contribution in [0.4, 0.5) is 5.69 Å². The standard InChI is InChI=1S/C25H22N2O4/c1-16-8-10-20-21(12-16)25(30)27(24(20)29)15-23(28)26-19-9-11-22(31-2)18(14-19)13-17-6-4-3-5-7-17/h3-12,14H,13,15H2,1-2H3,(H,26,28). The molecule has 3 aromatic carbocycles. The first-order valence-electron chi connectivity index (χ1n) is 9.94. The number of hydrogen-bond donors (Lipinski definition) is 1. The minimum absolute atomic E-state index is 0.331. The predicted octanol–water partition coefficient (Wildman–Crippen LogP) is 3.83. The lowest BCUT2D eigenvalue weighted by atomic mass is 10.0. The van der Waals surface area contributed by atoms with Crippen LogP contribution in [0, 0.1) is 6.92 Å². The Bertz CT molecular complexity index is 1170. The molecule has 0 unspecified atom stereocenters. The highest BCUT2D eigenvalue weighted by Crippen LogP contribution is 2.26. The second-order valence-electron chi connectivity index (χ2n) is 7.48. The van der Waals surface area contributed by atoms with Gasteiger partial charge in [0.15, 0.2) is 0 Å². The monoisotopic (exact) mass is 414 g/mol. The van der Waals surface area contributed by atoms with E-state index in [1.165, 1.54) is 0 Å². The van der Waals surface area contributed by atoms with Gasteiger partial charge in [-0.05, 0) is 42.8 Å². The molecule has 1 aliphatic rings. The summed E-state index contributed by atoms with van der Waals surface area (Å²) in [7, 11) is 1.60. The van der Waals surface area contributed by atoms with Gasteiger partial charge in [-0.3, -0.25) is 19.3 Å². The second kappa shape index (κ2) is 8.44. The van der Waals surface area contributed by atoms with Crippen molar-refractivity contribution < 1.29 is 19.1 Å². The van der Waals surface area contributed by atoms with Crippen molar-refractivity contribution in [3.8, 4) is 5.75 Å². The summed E-state index contributed by atoms with van der Waals surface area (Å²) in [6.07, 6.45) is 0.644. The number of imide groups is 1. The van der Waals surface area contributed by atoms with E-state index in [4.69, 9.17) is 4.74 Å². The average molecular weight is 414 g/mol. The number of nitrogens with zero attached hydrogens (tertiary/aromatic N) is 1. The quantitative estimate of drug-likeness (QED) is 0.622. The largest absolute Gasteiger partial charge is 0.496 e. The molecule has 6 heteroatoms. The van der Waals surface area contributed by atoms with Crippen molar-refractivity contribution in [2.75, 3.05) is 19.0 Å². The van der Waals surface area contributed by atoms with Gasteiger partial charge in [-0.2, -0.15) is 0 Å².